The molecule has 5 rings (SSSR count). The minimum Gasteiger partial charge on any atom is -0.325 e. The predicted molar refractivity (Wildman–Crippen MR) is 88.3 cm³/mol. The van der Waals surface area contributed by atoms with Gasteiger partial charge in [0, 0.05) is 15.4 Å². The molecule has 0 aromatic heterocycles. The summed E-state index contributed by atoms with van der Waals surface area (Å²) in [4.78, 5) is 12.8. The lowest BCUT2D eigenvalue weighted by atomic mass is 9.51. The molecule has 0 unspecified atom stereocenters. The lowest BCUT2D eigenvalue weighted by molar-refractivity contribution is -0.132. The molecule has 0 radical (unpaired) electrons. The molecule has 0 spiro atoms. The molecule has 4 saturated carbocycles. The van der Waals surface area contributed by atoms with Crippen LogP contribution in [0.25, 0.3) is 0 Å². The number of benzene rings is 1. The second-order valence-electron chi connectivity index (χ2n) is 7.07. The minimum absolute atomic E-state index is 0.201. The van der Waals surface area contributed by atoms with Crippen LogP contribution in [0.5, 0.6) is 0 Å². The Morgan fingerprint density at radius 2 is 1.71 bits per heavy atom. The summed E-state index contributed by atoms with van der Waals surface area (Å²) in [6.45, 7) is 0. The van der Waals surface area contributed by atoms with Crippen LogP contribution < -0.4 is 5.32 Å². The Morgan fingerprint density at radius 1 is 1.10 bits per heavy atom. The number of amides is 1. The van der Waals surface area contributed by atoms with E-state index in [0.29, 0.717) is 16.9 Å². The zero-order valence-corrected chi connectivity index (χ0v) is 14.2. The van der Waals surface area contributed by atoms with Gasteiger partial charge in [0.1, 0.15) is 0 Å². The SMILES string of the molecule is O=C(Nc1cc(Cl)ccc1Br)C1C2CC3CC(C2)CC1C3. The third-order valence-electron chi connectivity index (χ3n) is 5.72. The first-order valence-electron chi connectivity index (χ1n) is 7.86. The molecule has 0 atom stereocenters. The summed E-state index contributed by atoms with van der Waals surface area (Å²) in [5.74, 6) is 3.43. The number of nitrogens with one attached hydrogen (secondary N) is 1. The fraction of sp³-hybridized carbons (Fsp3) is 0.588. The van der Waals surface area contributed by atoms with Gasteiger partial charge >= 0.3 is 0 Å². The molecule has 1 N–H and O–H groups in total. The summed E-state index contributed by atoms with van der Waals surface area (Å²) in [6, 6.07) is 5.53. The van der Waals surface area contributed by atoms with Crippen molar-refractivity contribution in [3.8, 4) is 0 Å². The van der Waals surface area contributed by atoms with Crippen LogP contribution in [0.4, 0.5) is 5.69 Å². The van der Waals surface area contributed by atoms with Gasteiger partial charge in [-0.2, -0.15) is 0 Å². The normalized spacial score (nSPS) is 36.8. The predicted octanol–water partition coefficient (Wildman–Crippen LogP) is 5.11. The maximum absolute atomic E-state index is 12.8. The van der Waals surface area contributed by atoms with Crippen molar-refractivity contribution >= 4 is 39.1 Å². The van der Waals surface area contributed by atoms with E-state index in [9.17, 15) is 4.79 Å². The minimum atomic E-state index is 0.201. The second-order valence-corrected chi connectivity index (χ2v) is 8.36. The van der Waals surface area contributed by atoms with E-state index in [0.717, 1.165) is 22.0 Å². The summed E-state index contributed by atoms with van der Waals surface area (Å²) in [6.07, 6.45) is 6.48. The van der Waals surface area contributed by atoms with E-state index in [-0.39, 0.29) is 11.8 Å². The van der Waals surface area contributed by atoms with Gasteiger partial charge in [-0.15, -0.1) is 0 Å². The number of hydrogen-bond acceptors (Lipinski definition) is 1. The summed E-state index contributed by atoms with van der Waals surface area (Å²) < 4.78 is 0.893. The molecule has 1 amide bonds. The third-order valence-corrected chi connectivity index (χ3v) is 6.64. The molecule has 1 aromatic rings. The fourth-order valence-electron chi connectivity index (χ4n) is 5.16. The highest BCUT2D eigenvalue weighted by atomic mass is 79.9. The molecule has 4 aliphatic carbocycles. The zero-order chi connectivity index (χ0) is 14.6. The number of carbonyl (C=O) groups is 1. The lowest BCUT2D eigenvalue weighted by Crippen LogP contribution is -2.49. The quantitative estimate of drug-likeness (QED) is 0.772. The van der Waals surface area contributed by atoms with E-state index in [2.05, 4.69) is 21.2 Å². The summed E-state index contributed by atoms with van der Waals surface area (Å²) in [7, 11) is 0. The van der Waals surface area contributed by atoms with Crippen molar-refractivity contribution in [1.29, 1.82) is 0 Å². The van der Waals surface area contributed by atoms with Gasteiger partial charge in [-0.1, -0.05) is 11.6 Å². The molecule has 2 nitrogen and oxygen atoms in total. The first-order chi connectivity index (χ1) is 10.1. The molecule has 4 bridgehead atoms. The van der Waals surface area contributed by atoms with Crippen LogP contribution in [0.1, 0.15) is 32.1 Å². The largest absolute Gasteiger partial charge is 0.325 e. The standard InChI is InChI=1S/C17H19BrClNO/c18-14-2-1-13(19)8-15(14)20-17(21)16-11-4-9-3-10(6-11)7-12(16)5-9/h1-2,8-12,16H,3-7H2,(H,20,21). The molecular weight excluding hydrogens is 350 g/mol. The Hall–Kier alpha value is -0.540. The summed E-state index contributed by atoms with van der Waals surface area (Å²) >= 11 is 9.52. The molecule has 112 valence electrons. The van der Waals surface area contributed by atoms with E-state index in [1.54, 1.807) is 0 Å². The van der Waals surface area contributed by atoms with Crippen molar-refractivity contribution in [2.75, 3.05) is 5.32 Å². The van der Waals surface area contributed by atoms with E-state index < -0.39 is 0 Å². The molecule has 0 saturated heterocycles. The third kappa shape index (κ3) is 2.53. The molecule has 4 aliphatic rings. The topological polar surface area (TPSA) is 29.1 Å². The number of hydrogen-bond donors (Lipinski definition) is 1. The number of anilines is 1. The maximum atomic E-state index is 12.8. The molecule has 0 aliphatic heterocycles. The Balaban J connectivity index is 1.54. The lowest BCUT2D eigenvalue weighted by Gasteiger charge is -2.53. The van der Waals surface area contributed by atoms with Crippen molar-refractivity contribution in [2.24, 2.45) is 29.6 Å². The van der Waals surface area contributed by atoms with Crippen LogP contribution in [-0.4, -0.2) is 5.91 Å². The van der Waals surface area contributed by atoms with Gasteiger partial charge in [0.25, 0.3) is 0 Å². The van der Waals surface area contributed by atoms with E-state index in [4.69, 9.17) is 11.6 Å². The highest BCUT2D eigenvalue weighted by Gasteiger charge is 2.50. The van der Waals surface area contributed by atoms with Gasteiger partial charge in [0.15, 0.2) is 0 Å². The summed E-state index contributed by atoms with van der Waals surface area (Å²) in [5, 5.41) is 3.76. The van der Waals surface area contributed by atoms with Crippen LogP contribution in [0.3, 0.4) is 0 Å². The Labute approximate surface area is 138 Å². The molecule has 4 heteroatoms. The van der Waals surface area contributed by atoms with Crippen molar-refractivity contribution < 1.29 is 4.79 Å². The van der Waals surface area contributed by atoms with E-state index in [1.807, 2.05) is 18.2 Å². The van der Waals surface area contributed by atoms with Crippen molar-refractivity contribution in [3.05, 3.63) is 27.7 Å². The number of halogens is 2. The first kappa shape index (κ1) is 14.1. The van der Waals surface area contributed by atoms with Crippen LogP contribution in [0.15, 0.2) is 22.7 Å². The van der Waals surface area contributed by atoms with Crippen molar-refractivity contribution in [2.45, 2.75) is 32.1 Å². The van der Waals surface area contributed by atoms with Crippen molar-refractivity contribution in [3.63, 3.8) is 0 Å². The highest BCUT2D eigenvalue weighted by molar-refractivity contribution is 9.10. The molecule has 0 heterocycles. The second kappa shape index (κ2) is 5.27. The number of rotatable bonds is 2. The van der Waals surface area contributed by atoms with E-state index >= 15 is 0 Å². The van der Waals surface area contributed by atoms with E-state index in [1.165, 1.54) is 32.1 Å². The van der Waals surface area contributed by atoms with Gasteiger partial charge < -0.3 is 5.32 Å². The average Bonchev–Trinajstić information content (AvgIpc) is 2.41. The van der Waals surface area contributed by atoms with Gasteiger partial charge in [0.2, 0.25) is 5.91 Å². The molecule has 4 fully saturated rings. The smallest absolute Gasteiger partial charge is 0.228 e. The van der Waals surface area contributed by atoms with Gasteiger partial charge in [0.05, 0.1) is 5.69 Å². The maximum Gasteiger partial charge on any atom is 0.228 e. The van der Waals surface area contributed by atoms with Gasteiger partial charge in [-0.3, -0.25) is 4.79 Å². The number of carbonyl (C=O) groups excluding carboxylic acids is 1. The molecule has 21 heavy (non-hydrogen) atoms. The van der Waals surface area contributed by atoms with Crippen LogP contribution in [0, 0.1) is 29.6 Å². The zero-order valence-electron chi connectivity index (χ0n) is 11.8. The fourth-order valence-corrected chi connectivity index (χ4v) is 5.68. The Kier molecular flexibility index (Phi) is 3.54. The van der Waals surface area contributed by atoms with Gasteiger partial charge in [-0.25, -0.2) is 0 Å². The first-order valence-corrected chi connectivity index (χ1v) is 9.03. The Morgan fingerprint density at radius 3 is 2.33 bits per heavy atom. The van der Waals surface area contributed by atoms with Crippen LogP contribution in [0.2, 0.25) is 5.02 Å². The molecule has 1 aromatic carbocycles. The van der Waals surface area contributed by atoms with Gasteiger partial charge in [-0.05, 0) is 89.9 Å². The monoisotopic (exact) mass is 367 g/mol. The summed E-state index contributed by atoms with van der Waals surface area (Å²) in [5.41, 5.74) is 0.793. The highest BCUT2D eigenvalue weighted by Crippen LogP contribution is 2.56. The average molecular weight is 369 g/mol. The Bertz CT molecular complexity index is 560. The van der Waals surface area contributed by atoms with Crippen molar-refractivity contribution in [1.82, 2.24) is 0 Å². The molecular formula is C17H19BrClNO. The van der Waals surface area contributed by atoms with Crippen LogP contribution in [-0.2, 0) is 4.79 Å². The van der Waals surface area contributed by atoms with Crippen LogP contribution >= 0.6 is 27.5 Å².